The Morgan fingerprint density at radius 1 is 0.432 bits per heavy atom. The maximum Gasteiger partial charge on any atom is 0.325 e. The molecule has 0 spiro atoms. The highest BCUT2D eigenvalue weighted by atomic mass is 19.1. The van der Waals surface area contributed by atoms with Crippen LogP contribution in [0.4, 0.5) is 32.1 Å². The molecule has 29 heteroatoms. The molecule has 0 saturated carbocycles. The molecule has 5 saturated heterocycles. The standard InChI is InChI=1S/C30H42FN3O4.2C30H43N3O3.C29H38FN3O5/c1-20(2)38-19-22-10-11-23(31)16-27(22)29(21(3)35)34-14-12-25(18-34)37-15-6-5-8-24-17-28(36-4)26-9-7-13-32-30(26)33-24;2*1-21(2)36-23(4)27-12-5-6-13-28(27)29(22(3)34)33-18-16-26(20-33)35-19-8-7-11-25-15-14-24-10-9-17-31-30(24)32-25;30-26-8-3-7-24(25(26)19-38-23-12-16-36-18-23)27(29(34)35)33-14-11-22(17-33)37-15-2-1-6-21-10-9-20-5-4-13-31-28(20)32-21/h10-11,16-17,20,25,29H,5-9,12-15,18-19H2,1-4H3,(H,32,33);2*5-6,12-15,21,23,26,29,34H,3,7-11,16-20H2,1-2,4H3,(H,31,32);3,7-10,22-23,27H,1-2,4-6,11-19H2,(H,31,32)(H,34,35)/t25-,29?;23-,26+,29+;23-,26+,29-;22-,23-,27?/m1001/s1. The number of ether oxygens (including phenoxy) is 10. The van der Waals surface area contributed by atoms with E-state index in [2.05, 4.69) is 130 Å². The molecule has 17 rings (SSSR count). The van der Waals surface area contributed by atoms with Crippen molar-refractivity contribution in [3.05, 3.63) is 253 Å². The molecule has 5 fully saturated rings. The molecule has 8 aromatic rings. The number of aliphatic hydroxyl groups is 2. The smallest absolute Gasteiger partial charge is 0.325 e. The third kappa shape index (κ3) is 33.3. The van der Waals surface area contributed by atoms with Crippen LogP contribution in [0.3, 0.4) is 0 Å². The summed E-state index contributed by atoms with van der Waals surface area (Å²) in [6.45, 7) is 39.8. The maximum atomic E-state index is 14.8. The van der Waals surface area contributed by atoms with E-state index < -0.39 is 23.9 Å². The van der Waals surface area contributed by atoms with Gasteiger partial charge in [-0.15, -0.1) is 0 Å². The molecule has 4 aromatic carbocycles. The van der Waals surface area contributed by atoms with Crippen molar-refractivity contribution >= 4 is 35.0 Å². The first-order valence-electron chi connectivity index (χ1n) is 55.0. The number of hydrogen-bond donors (Lipinski definition) is 7. The molecule has 0 amide bonds. The Labute approximate surface area is 877 Å². The molecule has 7 N–H and O–H groups in total. The topological polar surface area (TPSA) is 300 Å². The number of carboxylic acid groups (broad SMARTS) is 1. The fraction of sp³-hybridized carbons (Fsp3) is 0.580. The second kappa shape index (κ2) is 58.0. The monoisotopic (exact) mass is 2040 g/mol. The van der Waals surface area contributed by atoms with Crippen LogP contribution in [0.5, 0.6) is 5.75 Å². The number of carboxylic acids is 1. The number of ketones is 1. The van der Waals surface area contributed by atoms with Gasteiger partial charge in [0.25, 0.3) is 0 Å². The lowest BCUT2D eigenvalue weighted by Gasteiger charge is -2.30. The molecule has 11 atom stereocenters. The second-order valence-electron chi connectivity index (χ2n) is 41.9. The lowest BCUT2D eigenvalue weighted by molar-refractivity contribution is -0.143. The van der Waals surface area contributed by atoms with Crippen LogP contribution in [0.25, 0.3) is 0 Å². The van der Waals surface area contributed by atoms with Crippen molar-refractivity contribution in [3.63, 3.8) is 0 Å². The number of likely N-dealkylation sites (tertiary alicyclic amines) is 4. The third-order valence-corrected chi connectivity index (χ3v) is 29.4. The molecule has 13 heterocycles. The number of halogens is 2. The van der Waals surface area contributed by atoms with Crippen LogP contribution in [-0.2, 0) is 117 Å². The Balaban J connectivity index is 0.000000156. The van der Waals surface area contributed by atoms with E-state index in [4.69, 9.17) is 67.3 Å². The van der Waals surface area contributed by atoms with Gasteiger partial charge in [0.1, 0.15) is 58.2 Å². The Bertz CT molecular complexity index is 5360. The van der Waals surface area contributed by atoms with Gasteiger partial charge in [-0.05, 0) is 315 Å². The molecule has 0 bridgehead atoms. The zero-order chi connectivity index (χ0) is 104. The zero-order valence-corrected chi connectivity index (χ0v) is 89.5. The van der Waals surface area contributed by atoms with Gasteiger partial charge in [-0.2, -0.15) is 0 Å². The molecule has 4 aromatic heterocycles. The van der Waals surface area contributed by atoms with E-state index >= 15 is 0 Å². The van der Waals surface area contributed by atoms with Gasteiger partial charge < -0.3 is 84.0 Å². The van der Waals surface area contributed by atoms with Crippen molar-refractivity contribution in [2.75, 3.05) is 147 Å². The van der Waals surface area contributed by atoms with Gasteiger partial charge in [0.2, 0.25) is 0 Å². The number of aromatic nitrogens is 4. The van der Waals surface area contributed by atoms with Gasteiger partial charge in [0, 0.05) is 152 Å². The number of aliphatic carboxylic acids is 1. The minimum absolute atomic E-state index is 0.00418. The highest BCUT2D eigenvalue weighted by Crippen LogP contribution is 2.42. The van der Waals surface area contributed by atoms with Crippen molar-refractivity contribution in [3.8, 4) is 5.75 Å². The largest absolute Gasteiger partial charge is 0.511 e. The molecule has 2 unspecified atom stereocenters. The number of methoxy groups -OCH3 is 1. The van der Waals surface area contributed by atoms with E-state index in [9.17, 15) is 33.7 Å². The molecule has 9 aliphatic heterocycles. The number of Topliss-reactive ketones (excluding diaryl/α,β-unsaturated/α-hetero) is 1. The molecule has 806 valence electrons. The lowest BCUT2D eigenvalue weighted by atomic mass is 9.95. The molecule has 148 heavy (non-hydrogen) atoms. The predicted octanol–water partition coefficient (Wildman–Crippen LogP) is 21.7. The van der Waals surface area contributed by atoms with Gasteiger partial charge in [0.15, 0.2) is 5.78 Å². The number of rotatable bonds is 49. The number of aryl methyl sites for hydroxylation is 7. The Morgan fingerprint density at radius 2 is 0.845 bits per heavy atom. The SMILES string of the molecule is C=C(O)[C@@H](c1ccccc1[C@H](C)OC(C)C)N1CC[C@@H](OCCCCc2ccc3c(n2)NCCC3)C1.C=C(O)[C@H](c1ccccc1[C@H](C)OC(C)C)N1CC[C@@H](OCCCCc2ccc3c(n2)NCCC3)C1.COc1cc(CCCCO[C@@H]2CCN(C(C(C)=O)c3cc(F)ccc3COC(C)C)C2)nc2c1CCCN2.O=C(O)C(c1cccc(F)c1CO[C@@H]1CCOC1)N1CC[C@@H](OCCCCc2ccc3c(n2)NCCC3)C1. The Kier molecular flexibility index (Phi) is 44.6. The predicted molar refractivity (Wildman–Crippen MR) is 578 cm³/mol. The van der Waals surface area contributed by atoms with Gasteiger partial charge in [0.05, 0.1) is 106 Å². The molecule has 0 radical (unpaired) electrons. The van der Waals surface area contributed by atoms with Crippen molar-refractivity contribution < 1.29 is 81.1 Å². The average molecular weight is 2040 g/mol. The summed E-state index contributed by atoms with van der Waals surface area (Å²) in [4.78, 5) is 52.8. The van der Waals surface area contributed by atoms with E-state index in [1.54, 1.807) is 32.2 Å². The highest BCUT2D eigenvalue weighted by Gasteiger charge is 2.40. The summed E-state index contributed by atoms with van der Waals surface area (Å²) in [5, 5.41) is 44.9. The first-order valence-corrected chi connectivity index (χ1v) is 55.0. The number of benzene rings is 4. The number of aliphatic hydroxyl groups excluding tert-OH is 2. The van der Waals surface area contributed by atoms with Gasteiger partial charge in [-0.25, -0.2) is 28.7 Å². The summed E-state index contributed by atoms with van der Waals surface area (Å²) in [5.74, 6) is 3.65. The molecular weight excluding hydrogens is 1880 g/mol. The summed E-state index contributed by atoms with van der Waals surface area (Å²) in [7, 11) is 1.72. The summed E-state index contributed by atoms with van der Waals surface area (Å²) in [6, 6.07) is 39.0. The second-order valence-corrected chi connectivity index (χ2v) is 41.9. The Morgan fingerprint density at radius 3 is 1.26 bits per heavy atom. The minimum Gasteiger partial charge on any atom is -0.511 e. The van der Waals surface area contributed by atoms with E-state index in [0.717, 1.165) is 299 Å². The fourth-order valence-electron chi connectivity index (χ4n) is 22.0. The molecule has 9 aliphatic rings. The number of carbonyl (C=O) groups excluding carboxylic acids is 1. The summed E-state index contributed by atoms with van der Waals surface area (Å²) in [5.41, 5.74) is 16.2. The van der Waals surface area contributed by atoms with E-state index in [1.807, 2.05) is 70.7 Å². The quantitative estimate of drug-likeness (QED) is 0.0138. The number of nitrogens with one attached hydrogen (secondary N) is 4. The number of nitrogens with zero attached hydrogens (tertiary/aromatic N) is 8. The van der Waals surface area contributed by atoms with E-state index in [1.165, 1.54) is 53.3 Å². The summed E-state index contributed by atoms with van der Waals surface area (Å²) in [6.07, 6.45) is 25.5. The number of unbranched alkanes of at least 4 members (excludes halogenated alkanes) is 4. The fourth-order valence-corrected chi connectivity index (χ4v) is 22.0. The maximum absolute atomic E-state index is 14.8. The summed E-state index contributed by atoms with van der Waals surface area (Å²) >= 11 is 0. The van der Waals surface area contributed by atoms with Crippen molar-refractivity contribution in [2.45, 2.75) is 321 Å². The lowest BCUT2D eigenvalue weighted by Crippen LogP contribution is -2.34. The number of hydrogen-bond acceptors (Lipinski definition) is 26. The van der Waals surface area contributed by atoms with Crippen molar-refractivity contribution in [1.82, 2.24) is 39.5 Å². The van der Waals surface area contributed by atoms with Crippen LogP contribution in [0.15, 0.2) is 152 Å². The normalized spacial score (nSPS) is 20.0. The van der Waals surface area contributed by atoms with E-state index in [0.29, 0.717) is 69.4 Å². The number of carbonyl (C=O) groups is 2. The molecule has 27 nitrogen and oxygen atoms in total. The van der Waals surface area contributed by atoms with Crippen molar-refractivity contribution in [1.29, 1.82) is 0 Å². The van der Waals surface area contributed by atoms with Crippen LogP contribution in [-0.4, -0.2) is 241 Å². The number of pyridine rings is 4. The van der Waals surface area contributed by atoms with Crippen LogP contribution in [0, 0.1) is 11.6 Å². The van der Waals surface area contributed by atoms with Gasteiger partial charge in [-0.3, -0.25) is 29.2 Å². The third-order valence-electron chi connectivity index (χ3n) is 29.4. The minimum atomic E-state index is -0.992. The molecule has 0 aliphatic carbocycles. The zero-order valence-electron chi connectivity index (χ0n) is 89.5. The Hall–Kier alpha value is -9.96. The first-order chi connectivity index (χ1) is 71.8. The number of fused-ring (bicyclic) bond motifs is 4. The average Bonchev–Trinajstić information content (AvgIpc) is 1.76. The van der Waals surface area contributed by atoms with E-state index in [-0.39, 0.29) is 103 Å². The van der Waals surface area contributed by atoms with Crippen LogP contribution in [0.1, 0.15) is 297 Å². The van der Waals surface area contributed by atoms with Crippen LogP contribution < -0.4 is 26.0 Å². The van der Waals surface area contributed by atoms with Crippen LogP contribution >= 0.6 is 0 Å². The van der Waals surface area contributed by atoms with Gasteiger partial charge >= 0.3 is 5.97 Å². The molecular formula is C119H166F2N12O15. The van der Waals surface area contributed by atoms with Crippen molar-refractivity contribution in [2.24, 2.45) is 0 Å². The van der Waals surface area contributed by atoms with Gasteiger partial charge in [-0.1, -0.05) is 98.1 Å². The highest BCUT2D eigenvalue weighted by molar-refractivity contribution is 5.83. The van der Waals surface area contributed by atoms with Crippen LogP contribution in [0.2, 0.25) is 0 Å². The first kappa shape index (κ1) is 114. The summed E-state index contributed by atoms with van der Waals surface area (Å²) < 4.78 is 88.5. The number of anilines is 4.